The van der Waals surface area contributed by atoms with E-state index in [4.69, 9.17) is 9.47 Å². The molecule has 29 heavy (non-hydrogen) atoms. The van der Waals surface area contributed by atoms with Crippen molar-refractivity contribution in [3.05, 3.63) is 47.5 Å². The maximum absolute atomic E-state index is 12.9. The van der Waals surface area contributed by atoms with Gasteiger partial charge in [-0.2, -0.15) is 0 Å². The Labute approximate surface area is 170 Å². The SMILES string of the molecule is CCC(=O)N1CCc2cc(S(=O)(=O)N[C@H](C)c3ccc4c(c3)OCCO4)ccc21. The van der Waals surface area contributed by atoms with Crippen LogP contribution in [0.3, 0.4) is 0 Å². The van der Waals surface area contributed by atoms with E-state index in [-0.39, 0.29) is 10.8 Å². The number of carbonyl (C=O) groups excluding carboxylic acids is 1. The second-order valence-electron chi connectivity index (χ2n) is 7.19. The van der Waals surface area contributed by atoms with Crippen molar-refractivity contribution in [3.8, 4) is 11.5 Å². The number of fused-ring (bicyclic) bond motifs is 2. The first-order valence-corrected chi connectivity index (χ1v) is 11.2. The van der Waals surface area contributed by atoms with Gasteiger partial charge < -0.3 is 14.4 Å². The molecule has 4 rings (SSSR count). The molecule has 2 aromatic carbocycles. The topological polar surface area (TPSA) is 84.9 Å². The largest absolute Gasteiger partial charge is 0.486 e. The molecule has 2 heterocycles. The van der Waals surface area contributed by atoms with E-state index in [1.54, 1.807) is 42.2 Å². The molecule has 0 saturated carbocycles. The zero-order valence-corrected chi connectivity index (χ0v) is 17.3. The van der Waals surface area contributed by atoms with Crippen LogP contribution in [0.2, 0.25) is 0 Å². The molecule has 2 aliphatic heterocycles. The Bertz CT molecular complexity index is 1050. The van der Waals surface area contributed by atoms with Gasteiger partial charge in [-0.15, -0.1) is 0 Å². The molecule has 1 N–H and O–H groups in total. The highest BCUT2D eigenvalue weighted by Gasteiger charge is 2.27. The summed E-state index contributed by atoms with van der Waals surface area (Å²) >= 11 is 0. The molecule has 1 amide bonds. The summed E-state index contributed by atoms with van der Waals surface area (Å²) in [7, 11) is -3.72. The van der Waals surface area contributed by atoms with Crippen LogP contribution in [-0.4, -0.2) is 34.1 Å². The van der Waals surface area contributed by atoms with Gasteiger partial charge in [-0.3, -0.25) is 4.79 Å². The summed E-state index contributed by atoms with van der Waals surface area (Å²) in [5.74, 6) is 1.34. The van der Waals surface area contributed by atoms with Crippen LogP contribution in [-0.2, 0) is 21.2 Å². The summed E-state index contributed by atoms with van der Waals surface area (Å²) in [6.45, 7) is 5.18. The fourth-order valence-electron chi connectivity index (χ4n) is 3.69. The van der Waals surface area contributed by atoms with Crippen molar-refractivity contribution < 1.29 is 22.7 Å². The highest BCUT2D eigenvalue weighted by Crippen LogP contribution is 2.34. The molecular weight excluding hydrogens is 392 g/mol. The normalized spacial score (nSPS) is 16.4. The number of nitrogens with one attached hydrogen (secondary N) is 1. The van der Waals surface area contributed by atoms with Gasteiger partial charge in [-0.25, -0.2) is 13.1 Å². The number of amides is 1. The number of hydrogen-bond acceptors (Lipinski definition) is 5. The molecule has 0 radical (unpaired) electrons. The quantitative estimate of drug-likeness (QED) is 0.810. The minimum Gasteiger partial charge on any atom is -0.486 e. The summed E-state index contributed by atoms with van der Waals surface area (Å²) in [6, 6.07) is 9.93. The highest BCUT2D eigenvalue weighted by molar-refractivity contribution is 7.89. The van der Waals surface area contributed by atoms with Crippen LogP contribution >= 0.6 is 0 Å². The van der Waals surface area contributed by atoms with Gasteiger partial charge in [0, 0.05) is 24.7 Å². The minimum absolute atomic E-state index is 0.0460. The van der Waals surface area contributed by atoms with E-state index in [2.05, 4.69) is 4.72 Å². The molecule has 0 bridgehead atoms. The molecule has 2 aromatic rings. The Morgan fingerprint density at radius 2 is 1.90 bits per heavy atom. The van der Waals surface area contributed by atoms with Gasteiger partial charge in [0.15, 0.2) is 11.5 Å². The van der Waals surface area contributed by atoms with Crippen LogP contribution in [0.1, 0.15) is 37.4 Å². The van der Waals surface area contributed by atoms with E-state index in [1.807, 2.05) is 13.0 Å². The van der Waals surface area contributed by atoms with E-state index < -0.39 is 16.1 Å². The predicted molar refractivity (Wildman–Crippen MR) is 109 cm³/mol. The van der Waals surface area contributed by atoms with Crippen LogP contribution in [0, 0.1) is 0 Å². The van der Waals surface area contributed by atoms with Crippen molar-refractivity contribution in [1.29, 1.82) is 0 Å². The van der Waals surface area contributed by atoms with Crippen molar-refractivity contribution in [2.45, 2.75) is 37.6 Å². The Morgan fingerprint density at radius 3 is 2.66 bits per heavy atom. The number of carbonyl (C=O) groups is 1. The zero-order valence-electron chi connectivity index (χ0n) is 16.5. The van der Waals surface area contributed by atoms with Gasteiger partial charge in [0.1, 0.15) is 13.2 Å². The molecule has 8 heteroatoms. The van der Waals surface area contributed by atoms with Crippen LogP contribution in [0.15, 0.2) is 41.3 Å². The molecule has 7 nitrogen and oxygen atoms in total. The molecule has 1 atom stereocenters. The lowest BCUT2D eigenvalue weighted by atomic mass is 10.1. The van der Waals surface area contributed by atoms with Gasteiger partial charge in [0.05, 0.1) is 4.90 Å². The van der Waals surface area contributed by atoms with E-state index in [1.165, 1.54) is 0 Å². The smallest absolute Gasteiger partial charge is 0.241 e. The van der Waals surface area contributed by atoms with E-state index >= 15 is 0 Å². The van der Waals surface area contributed by atoms with Gasteiger partial charge in [0.25, 0.3) is 0 Å². The number of anilines is 1. The number of benzene rings is 2. The molecule has 0 unspecified atom stereocenters. The fourth-order valence-corrected chi connectivity index (χ4v) is 4.98. The van der Waals surface area contributed by atoms with Gasteiger partial charge in [-0.05, 0) is 54.8 Å². The maximum atomic E-state index is 12.9. The van der Waals surface area contributed by atoms with Crippen LogP contribution < -0.4 is 19.1 Å². The van der Waals surface area contributed by atoms with Gasteiger partial charge in [-0.1, -0.05) is 13.0 Å². The Hall–Kier alpha value is -2.58. The third-order valence-electron chi connectivity index (χ3n) is 5.26. The van der Waals surface area contributed by atoms with E-state index in [9.17, 15) is 13.2 Å². The lowest BCUT2D eigenvalue weighted by Gasteiger charge is -2.21. The molecule has 0 spiro atoms. The van der Waals surface area contributed by atoms with E-state index in [0.717, 1.165) is 16.8 Å². The van der Waals surface area contributed by atoms with Gasteiger partial charge >= 0.3 is 0 Å². The number of sulfonamides is 1. The molecule has 0 fully saturated rings. The second kappa shape index (κ2) is 7.68. The lowest BCUT2D eigenvalue weighted by molar-refractivity contribution is -0.118. The number of nitrogens with zero attached hydrogens (tertiary/aromatic N) is 1. The summed E-state index contributed by atoms with van der Waals surface area (Å²) < 4.78 is 39.7. The van der Waals surface area contributed by atoms with Crippen molar-refractivity contribution >= 4 is 21.6 Å². The third kappa shape index (κ3) is 3.82. The predicted octanol–water partition coefficient (Wildman–Crippen LogP) is 2.80. The molecular formula is C21H24N2O5S. The molecule has 154 valence electrons. The first kappa shape index (κ1) is 19.7. The van der Waals surface area contributed by atoms with Gasteiger partial charge in [0.2, 0.25) is 15.9 Å². The molecule has 0 aliphatic carbocycles. The second-order valence-corrected chi connectivity index (χ2v) is 8.90. The van der Waals surface area contributed by atoms with E-state index in [0.29, 0.717) is 44.1 Å². The maximum Gasteiger partial charge on any atom is 0.241 e. The Balaban J connectivity index is 1.54. The van der Waals surface area contributed by atoms with Crippen LogP contribution in [0.25, 0.3) is 0 Å². The van der Waals surface area contributed by atoms with Crippen LogP contribution in [0.4, 0.5) is 5.69 Å². The third-order valence-corrected chi connectivity index (χ3v) is 6.80. The van der Waals surface area contributed by atoms with Crippen molar-refractivity contribution in [2.24, 2.45) is 0 Å². The zero-order chi connectivity index (χ0) is 20.6. The highest BCUT2D eigenvalue weighted by atomic mass is 32.2. The minimum atomic E-state index is -3.72. The number of ether oxygens (including phenoxy) is 2. The lowest BCUT2D eigenvalue weighted by Crippen LogP contribution is -2.28. The summed E-state index contributed by atoms with van der Waals surface area (Å²) in [5.41, 5.74) is 2.47. The standard InChI is InChI=1S/C21H24N2O5S/c1-3-21(24)23-9-8-16-12-17(5-6-18(16)23)29(25,26)22-14(2)15-4-7-19-20(13-15)28-11-10-27-19/h4-7,12-14,22H,3,8-11H2,1-2H3/t14-/m1/s1. The summed E-state index contributed by atoms with van der Waals surface area (Å²) in [6.07, 6.45) is 1.08. The monoisotopic (exact) mass is 416 g/mol. The average molecular weight is 416 g/mol. The molecule has 0 aromatic heterocycles. The van der Waals surface area contributed by atoms with Crippen LogP contribution in [0.5, 0.6) is 11.5 Å². The Morgan fingerprint density at radius 1 is 1.14 bits per heavy atom. The molecule has 0 saturated heterocycles. The molecule has 2 aliphatic rings. The fraction of sp³-hybridized carbons (Fsp3) is 0.381. The summed E-state index contributed by atoms with van der Waals surface area (Å²) in [4.78, 5) is 14.0. The first-order valence-electron chi connectivity index (χ1n) is 9.74. The number of rotatable bonds is 5. The Kier molecular flexibility index (Phi) is 5.23. The average Bonchev–Trinajstić information content (AvgIpc) is 3.16. The first-order chi connectivity index (χ1) is 13.9. The summed E-state index contributed by atoms with van der Waals surface area (Å²) in [5, 5.41) is 0. The van der Waals surface area contributed by atoms with Crippen molar-refractivity contribution in [1.82, 2.24) is 4.72 Å². The number of hydrogen-bond donors (Lipinski definition) is 1. The van der Waals surface area contributed by atoms with Crippen molar-refractivity contribution in [3.63, 3.8) is 0 Å². The van der Waals surface area contributed by atoms with Crippen molar-refractivity contribution in [2.75, 3.05) is 24.7 Å².